The second-order valence-corrected chi connectivity index (χ2v) is 19.2. The second kappa shape index (κ2) is 58.4. The Morgan fingerprint density at radius 3 is 1.13 bits per heavy atom. The standard InChI is InChI=1S/C63H110O5/c1-4-7-10-13-16-19-22-25-28-30-32-34-36-38-41-44-47-50-53-56-62(64)67-60-61(59-66-58-55-52-49-46-43-40-27-24-21-18-15-12-9-6-3)68-63(65)57-54-51-48-45-42-39-37-35-33-31-29-26-23-20-17-14-11-8-5-2/h7,10,12,15-16,19,21,24-26,28-29,32,34,61H,4-6,8-9,11,13-14,17-18,20,22-23,27,30-31,33,35-60H2,1-3H3/b10-7-,15-12-,19-16-,24-21-,28-25-,29-26-,34-32-. The van der Waals surface area contributed by atoms with Gasteiger partial charge in [-0.3, -0.25) is 9.59 Å². The molecule has 0 aromatic heterocycles. The second-order valence-electron chi connectivity index (χ2n) is 19.2. The van der Waals surface area contributed by atoms with Gasteiger partial charge >= 0.3 is 11.9 Å². The van der Waals surface area contributed by atoms with E-state index in [4.69, 9.17) is 14.2 Å². The van der Waals surface area contributed by atoms with Gasteiger partial charge in [-0.05, 0) is 109 Å². The molecular weight excluding hydrogens is 837 g/mol. The van der Waals surface area contributed by atoms with Gasteiger partial charge in [0.25, 0.3) is 0 Å². The molecule has 0 aromatic carbocycles. The fraction of sp³-hybridized carbons (Fsp3) is 0.746. The van der Waals surface area contributed by atoms with E-state index in [0.29, 0.717) is 19.4 Å². The average molecular weight is 948 g/mol. The molecule has 0 saturated carbocycles. The predicted octanol–water partition coefficient (Wildman–Crippen LogP) is 20.0. The lowest BCUT2D eigenvalue weighted by atomic mass is 10.1. The van der Waals surface area contributed by atoms with Gasteiger partial charge in [0.1, 0.15) is 6.61 Å². The molecular formula is C63H110O5. The highest BCUT2D eigenvalue weighted by Gasteiger charge is 2.17. The van der Waals surface area contributed by atoms with E-state index in [2.05, 4.69) is 106 Å². The van der Waals surface area contributed by atoms with E-state index in [1.807, 2.05) is 0 Å². The molecule has 0 heterocycles. The summed E-state index contributed by atoms with van der Waals surface area (Å²) < 4.78 is 17.5. The first-order valence-corrected chi connectivity index (χ1v) is 29.1. The van der Waals surface area contributed by atoms with Crippen LogP contribution in [0.25, 0.3) is 0 Å². The summed E-state index contributed by atoms with van der Waals surface area (Å²) in [4.78, 5) is 25.5. The van der Waals surface area contributed by atoms with Gasteiger partial charge in [-0.1, -0.05) is 241 Å². The quantitative estimate of drug-likeness (QED) is 0.0345. The van der Waals surface area contributed by atoms with Gasteiger partial charge in [-0.15, -0.1) is 0 Å². The molecule has 0 aliphatic heterocycles. The Morgan fingerprint density at radius 2 is 0.691 bits per heavy atom. The van der Waals surface area contributed by atoms with Gasteiger partial charge in [-0.2, -0.15) is 0 Å². The summed E-state index contributed by atoms with van der Waals surface area (Å²) in [5.41, 5.74) is 0. The molecule has 0 aliphatic carbocycles. The molecule has 0 saturated heterocycles. The van der Waals surface area contributed by atoms with Crippen molar-refractivity contribution >= 4 is 11.9 Å². The number of allylic oxidation sites excluding steroid dienone is 14. The monoisotopic (exact) mass is 947 g/mol. The van der Waals surface area contributed by atoms with E-state index in [1.165, 1.54) is 161 Å². The van der Waals surface area contributed by atoms with Crippen LogP contribution in [0.3, 0.4) is 0 Å². The number of carbonyl (C=O) groups is 2. The summed E-state index contributed by atoms with van der Waals surface area (Å²) in [7, 11) is 0. The molecule has 68 heavy (non-hydrogen) atoms. The van der Waals surface area contributed by atoms with Crippen molar-refractivity contribution in [2.75, 3.05) is 19.8 Å². The lowest BCUT2D eigenvalue weighted by Crippen LogP contribution is -2.30. The molecule has 0 aliphatic rings. The molecule has 1 atom stereocenters. The van der Waals surface area contributed by atoms with Gasteiger partial charge in [0.2, 0.25) is 0 Å². The third kappa shape index (κ3) is 55.7. The van der Waals surface area contributed by atoms with Crippen LogP contribution in [0.2, 0.25) is 0 Å². The molecule has 5 heteroatoms. The molecule has 0 radical (unpaired) electrons. The fourth-order valence-electron chi connectivity index (χ4n) is 8.06. The van der Waals surface area contributed by atoms with E-state index in [0.717, 1.165) is 83.5 Å². The number of esters is 2. The minimum absolute atomic E-state index is 0.0703. The van der Waals surface area contributed by atoms with Crippen LogP contribution >= 0.6 is 0 Å². The first-order chi connectivity index (χ1) is 33.6. The number of carbonyl (C=O) groups excluding carboxylic acids is 2. The van der Waals surface area contributed by atoms with Crippen LogP contribution < -0.4 is 0 Å². The highest BCUT2D eigenvalue weighted by molar-refractivity contribution is 5.70. The Balaban J connectivity index is 4.30. The summed E-state index contributed by atoms with van der Waals surface area (Å²) >= 11 is 0. The number of ether oxygens (including phenoxy) is 3. The van der Waals surface area contributed by atoms with E-state index >= 15 is 0 Å². The largest absolute Gasteiger partial charge is 0.462 e. The maximum Gasteiger partial charge on any atom is 0.306 e. The zero-order valence-corrected chi connectivity index (χ0v) is 45.1. The first kappa shape index (κ1) is 65.1. The van der Waals surface area contributed by atoms with Crippen molar-refractivity contribution in [3.05, 3.63) is 85.1 Å². The molecule has 392 valence electrons. The summed E-state index contributed by atoms with van der Waals surface area (Å²) in [6.07, 6.45) is 77.4. The summed E-state index contributed by atoms with van der Waals surface area (Å²) in [5.74, 6) is -0.416. The van der Waals surface area contributed by atoms with Crippen LogP contribution in [0, 0.1) is 0 Å². The molecule has 0 aromatic rings. The molecule has 5 nitrogen and oxygen atoms in total. The number of rotatable bonds is 53. The fourth-order valence-corrected chi connectivity index (χ4v) is 8.06. The third-order valence-electron chi connectivity index (χ3n) is 12.4. The van der Waals surface area contributed by atoms with Crippen LogP contribution in [0.4, 0.5) is 0 Å². The highest BCUT2D eigenvalue weighted by Crippen LogP contribution is 2.15. The molecule has 0 amide bonds. The molecule has 0 rings (SSSR count). The maximum absolute atomic E-state index is 12.9. The molecule has 0 bridgehead atoms. The zero-order valence-electron chi connectivity index (χ0n) is 45.1. The Morgan fingerprint density at radius 1 is 0.338 bits per heavy atom. The number of hydrogen-bond acceptors (Lipinski definition) is 5. The number of unbranched alkanes of at least 4 members (excludes halogenated alkanes) is 28. The minimum atomic E-state index is -0.553. The predicted molar refractivity (Wildman–Crippen MR) is 297 cm³/mol. The Labute approximate surface area is 422 Å². The normalized spacial score (nSPS) is 12.8. The zero-order chi connectivity index (χ0) is 49.2. The lowest BCUT2D eigenvalue weighted by Gasteiger charge is -2.18. The van der Waals surface area contributed by atoms with Crippen LogP contribution in [0.1, 0.15) is 278 Å². The van der Waals surface area contributed by atoms with Crippen molar-refractivity contribution in [2.24, 2.45) is 0 Å². The summed E-state index contributed by atoms with van der Waals surface area (Å²) in [5, 5.41) is 0. The van der Waals surface area contributed by atoms with Crippen molar-refractivity contribution in [2.45, 2.75) is 284 Å². The maximum atomic E-state index is 12.9. The Hall–Kier alpha value is -2.92. The van der Waals surface area contributed by atoms with Crippen LogP contribution in [0.15, 0.2) is 85.1 Å². The van der Waals surface area contributed by atoms with Crippen molar-refractivity contribution in [3.63, 3.8) is 0 Å². The van der Waals surface area contributed by atoms with Crippen LogP contribution in [0.5, 0.6) is 0 Å². The van der Waals surface area contributed by atoms with Gasteiger partial charge in [0, 0.05) is 19.4 Å². The van der Waals surface area contributed by atoms with Gasteiger partial charge in [0.15, 0.2) is 6.10 Å². The molecule has 0 fully saturated rings. The van der Waals surface area contributed by atoms with E-state index in [9.17, 15) is 9.59 Å². The highest BCUT2D eigenvalue weighted by atomic mass is 16.6. The van der Waals surface area contributed by atoms with Crippen LogP contribution in [-0.2, 0) is 23.8 Å². The van der Waals surface area contributed by atoms with Crippen LogP contribution in [-0.4, -0.2) is 37.9 Å². The number of hydrogen-bond donors (Lipinski definition) is 0. The Bertz CT molecular complexity index is 1250. The smallest absolute Gasteiger partial charge is 0.306 e. The SMILES string of the molecule is CC/C=C\C/C=C\C/C=C\C/C=C\CCCCCCCCC(=O)OCC(COCCCCCCCC/C=C\C/C=C\CCC)OC(=O)CCCCCCCCCCC/C=C\CCCCCCCC. The average Bonchev–Trinajstić information content (AvgIpc) is 3.34. The first-order valence-electron chi connectivity index (χ1n) is 29.1. The van der Waals surface area contributed by atoms with Crippen molar-refractivity contribution in [1.29, 1.82) is 0 Å². The van der Waals surface area contributed by atoms with Gasteiger partial charge in [0.05, 0.1) is 6.61 Å². The minimum Gasteiger partial charge on any atom is -0.462 e. The van der Waals surface area contributed by atoms with Gasteiger partial charge in [-0.25, -0.2) is 0 Å². The third-order valence-corrected chi connectivity index (χ3v) is 12.4. The Kier molecular flexibility index (Phi) is 55.9. The van der Waals surface area contributed by atoms with Crippen molar-refractivity contribution in [1.82, 2.24) is 0 Å². The van der Waals surface area contributed by atoms with Crippen molar-refractivity contribution < 1.29 is 23.8 Å². The van der Waals surface area contributed by atoms with E-state index < -0.39 is 6.10 Å². The van der Waals surface area contributed by atoms with Gasteiger partial charge < -0.3 is 14.2 Å². The topological polar surface area (TPSA) is 61.8 Å². The van der Waals surface area contributed by atoms with Crippen molar-refractivity contribution in [3.8, 4) is 0 Å². The lowest BCUT2D eigenvalue weighted by molar-refractivity contribution is -0.163. The molecule has 1 unspecified atom stereocenters. The van der Waals surface area contributed by atoms with E-state index in [-0.39, 0.29) is 25.2 Å². The summed E-state index contributed by atoms with van der Waals surface area (Å²) in [6, 6.07) is 0. The summed E-state index contributed by atoms with van der Waals surface area (Å²) in [6.45, 7) is 7.64. The molecule has 0 spiro atoms. The molecule has 0 N–H and O–H groups in total. The van der Waals surface area contributed by atoms with E-state index in [1.54, 1.807) is 0 Å².